The first kappa shape index (κ1) is 16.1. The lowest BCUT2D eigenvalue weighted by molar-refractivity contribution is 0.601. The number of nitrogens with zero attached hydrogens (tertiary/aromatic N) is 2. The number of anilines is 2. The predicted octanol–water partition coefficient (Wildman–Crippen LogP) is 3.13. The van der Waals surface area contributed by atoms with Gasteiger partial charge in [0.1, 0.15) is 12.0 Å². The van der Waals surface area contributed by atoms with Crippen molar-refractivity contribution < 1.29 is 8.42 Å². The quantitative estimate of drug-likeness (QED) is 0.641. The first-order valence-electron chi connectivity index (χ1n) is 5.47. The van der Waals surface area contributed by atoms with Gasteiger partial charge >= 0.3 is 0 Å². The van der Waals surface area contributed by atoms with Gasteiger partial charge in [0, 0.05) is 0 Å². The Morgan fingerprint density at radius 1 is 1.14 bits per heavy atom. The average molecular weight is 368 g/mol. The summed E-state index contributed by atoms with van der Waals surface area (Å²) in [5.41, 5.74) is 6.24. The molecular formula is C11H9Cl3N4O2S. The number of nitrogens with two attached hydrogens (primary N) is 1. The van der Waals surface area contributed by atoms with Crippen LogP contribution in [0.15, 0.2) is 23.4 Å². The molecule has 0 saturated carbocycles. The zero-order valence-corrected chi connectivity index (χ0v) is 13.6. The van der Waals surface area contributed by atoms with Crippen LogP contribution in [0.2, 0.25) is 15.3 Å². The molecule has 0 spiro atoms. The topological polar surface area (TPSA) is 98.0 Å². The Bertz CT molecular complexity index is 768. The van der Waals surface area contributed by atoms with E-state index in [0.29, 0.717) is 10.6 Å². The van der Waals surface area contributed by atoms with Crippen LogP contribution in [0.25, 0.3) is 0 Å². The maximum absolute atomic E-state index is 12.3. The molecule has 10 heteroatoms. The summed E-state index contributed by atoms with van der Waals surface area (Å²) in [6.07, 6.45) is 1.12. The lowest BCUT2D eigenvalue weighted by Gasteiger charge is -2.12. The van der Waals surface area contributed by atoms with Crippen LogP contribution in [-0.4, -0.2) is 18.4 Å². The van der Waals surface area contributed by atoms with Crippen molar-refractivity contribution in [2.45, 2.75) is 11.8 Å². The van der Waals surface area contributed by atoms with Gasteiger partial charge in [-0.2, -0.15) is 0 Å². The van der Waals surface area contributed by atoms with E-state index in [4.69, 9.17) is 40.5 Å². The molecule has 6 nitrogen and oxygen atoms in total. The van der Waals surface area contributed by atoms with Gasteiger partial charge in [-0.25, -0.2) is 18.4 Å². The molecule has 2 rings (SSSR count). The van der Waals surface area contributed by atoms with E-state index in [1.54, 1.807) is 6.92 Å². The highest BCUT2D eigenvalue weighted by atomic mass is 35.5. The Hall–Kier alpha value is -1.28. The highest BCUT2D eigenvalue weighted by Gasteiger charge is 2.20. The van der Waals surface area contributed by atoms with Gasteiger partial charge in [0.25, 0.3) is 10.0 Å². The maximum atomic E-state index is 12.3. The van der Waals surface area contributed by atoms with Gasteiger partial charge in [0.2, 0.25) is 0 Å². The van der Waals surface area contributed by atoms with E-state index >= 15 is 0 Å². The fourth-order valence-corrected chi connectivity index (χ4v) is 3.36. The second-order valence-electron chi connectivity index (χ2n) is 4.08. The molecule has 112 valence electrons. The van der Waals surface area contributed by atoms with Gasteiger partial charge in [-0.3, -0.25) is 4.72 Å². The summed E-state index contributed by atoms with van der Waals surface area (Å²) >= 11 is 17.5. The standard InChI is InChI=1S/C11H9Cl3N4O2S/c1-5-2-6(3-7(15)8(5)12)21(19,20)18-9-10(13)16-4-17-11(9)14/h2-4,18H,15H2,1H3. The van der Waals surface area contributed by atoms with E-state index in [2.05, 4.69) is 14.7 Å². The second-order valence-corrected chi connectivity index (χ2v) is 6.86. The highest BCUT2D eigenvalue weighted by Crippen LogP contribution is 2.31. The molecule has 0 radical (unpaired) electrons. The molecule has 1 heterocycles. The van der Waals surface area contributed by atoms with Crippen molar-refractivity contribution in [2.75, 3.05) is 10.5 Å². The van der Waals surface area contributed by atoms with Gasteiger partial charge in [-0.1, -0.05) is 34.8 Å². The van der Waals surface area contributed by atoms with Crippen LogP contribution in [0.5, 0.6) is 0 Å². The molecule has 0 bridgehead atoms. The molecule has 0 aliphatic carbocycles. The maximum Gasteiger partial charge on any atom is 0.262 e. The van der Waals surface area contributed by atoms with Gasteiger partial charge in [-0.15, -0.1) is 0 Å². The fourth-order valence-electron chi connectivity index (χ4n) is 1.54. The normalized spacial score (nSPS) is 11.4. The van der Waals surface area contributed by atoms with Crippen molar-refractivity contribution in [3.8, 4) is 0 Å². The smallest absolute Gasteiger partial charge is 0.262 e. The third-order valence-electron chi connectivity index (χ3n) is 2.56. The zero-order valence-electron chi connectivity index (χ0n) is 10.6. The van der Waals surface area contributed by atoms with E-state index in [9.17, 15) is 8.42 Å². The molecule has 21 heavy (non-hydrogen) atoms. The van der Waals surface area contributed by atoms with E-state index in [0.717, 1.165) is 6.33 Å². The highest BCUT2D eigenvalue weighted by molar-refractivity contribution is 7.92. The Morgan fingerprint density at radius 2 is 1.71 bits per heavy atom. The minimum Gasteiger partial charge on any atom is -0.397 e. The number of rotatable bonds is 3. The number of benzene rings is 1. The zero-order chi connectivity index (χ0) is 15.8. The first-order chi connectivity index (χ1) is 9.72. The van der Waals surface area contributed by atoms with Gasteiger partial charge in [0.15, 0.2) is 10.3 Å². The molecule has 0 aliphatic rings. The summed E-state index contributed by atoms with van der Waals surface area (Å²) in [5, 5.41) is 0.0718. The molecule has 1 aromatic carbocycles. The molecule has 1 aromatic heterocycles. The summed E-state index contributed by atoms with van der Waals surface area (Å²) < 4.78 is 26.9. The third-order valence-corrected chi connectivity index (χ3v) is 4.98. The van der Waals surface area contributed by atoms with Crippen molar-refractivity contribution in [3.05, 3.63) is 39.4 Å². The molecule has 2 aromatic rings. The third kappa shape index (κ3) is 3.32. The van der Waals surface area contributed by atoms with Crippen LogP contribution >= 0.6 is 34.8 Å². The number of nitrogens with one attached hydrogen (secondary N) is 1. The van der Waals surface area contributed by atoms with Gasteiger partial charge in [0.05, 0.1) is 15.6 Å². The van der Waals surface area contributed by atoms with E-state index in [1.165, 1.54) is 12.1 Å². The molecule has 0 aliphatic heterocycles. The molecular weight excluding hydrogens is 359 g/mol. The summed E-state index contributed by atoms with van der Waals surface area (Å²) in [7, 11) is -3.96. The van der Waals surface area contributed by atoms with Crippen LogP contribution in [0, 0.1) is 6.92 Å². The Morgan fingerprint density at radius 3 is 2.24 bits per heavy atom. The summed E-state index contributed by atoms with van der Waals surface area (Å²) in [4.78, 5) is 7.26. The number of aryl methyl sites for hydroxylation is 1. The fraction of sp³-hybridized carbons (Fsp3) is 0.0909. The van der Waals surface area contributed by atoms with E-state index < -0.39 is 10.0 Å². The molecule has 0 unspecified atom stereocenters. The van der Waals surface area contributed by atoms with Crippen LogP contribution < -0.4 is 10.5 Å². The Labute approximate surface area is 136 Å². The van der Waals surface area contributed by atoms with Crippen LogP contribution in [0.3, 0.4) is 0 Å². The molecule has 0 fully saturated rings. The predicted molar refractivity (Wildman–Crippen MR) is 83.5 cm³/mol. The largest absolute Gasteiger partial charge is 0.397 e. The minimum absolute atomic E-state index is 0.0714. The number of sulfonamides is 1. The average Bonchev–Trinajstić information content (AvgIpc) is 2.40. The van der Waals surface area contributed by atoms with Crippen LogP contribution in [0.1, 0.15) is 5.56 Å². The Kier molecular flexibility index (Phi) is 4.48. The first-order valence-corrected chi connectivity index (χ1v) is 8.08. The Balaban J connectivity index is 2.49. The van der Waals surface area contributed by atoms with Crippen LogP contribution in [0.4, 0.5) is 11.4 Å². The number of aromatic nitrogens is 2. The summed E-state index contributed by atoms with van der Waals surface area (Å²) in [6, 6.07) is 2.62. The summed E-state index contributed by atoms with van der Waals surface area (Å²) in [6.45, 7) is 1.64. The summed E-state index contributed by atoms with van der Waals surface area (Å²) in [5.74, 6) is 0. The SMILES string of the molecule is Cc1cc(S(=O)(=O)Nc2c(Cl)ncnc2Cl)cc(N)c1Cl. The number of hydrogen-bond donors (Lipinski definition) is 2. The van der Waals surface area contributed by atoms with Gasteiger partial charge in [-0.05, 0) is 24.6 Å². The van der Waals surface area contributed by atoms with E-state index in [1.807, 2.05) is 0 Å². The van der Waals surface area contributed by atoms with Crippen molar-refractivity contribution in [2.24, 2.45) is 0 Å². The molecule has 3 N–H and O–H groups in total. The number of hydrogen-bond acceptors (Lipinski definition) is 5. The van der Waals surface area contributed by atoms with Crippen molar-refractivity contribution in [3.63, 3.8) is 0 Å². The monoisotopic (exact) mass is 366 g/mol. The number of halogens is 3. The lowest BCUT2D eigenvalue weighted by atomic mass is 10.2. The second kappa shape index (κ2) is 5.84. The van der Waals surface area contributed by atoms with Crippen molar-refractivity contribution in [1.82, 2.24) is 9.97 Å². The lowest BCUT2D eigenvalue weighted by Crippen LogP contribution is -2.15. The molecule has 0 amide bonds. The molecule has 0 atom stereocenters. The van der Waals surface area contributed by atoms with E-state index in [-0.39, 0.29) is 26.6 Å². The van der Waals surface area contributed by atoms with Crippen LogP contribution in [-0.2, 0) is 10.0 Å². The number of nitrogen functional groups attached to an aromatic ring is 1. The minimum atomic E-state index is -3.96. The van der Waals surface area contributed by atoms with Crippen molar-refractivity contribution in [1.29, 1.82) is 0 Å². The van der Waals surface area contributed by atoms with Crippen molar-refractivity contribution >= 4 is 56.2 Å². The van der Waals surface area contributed by atoms with Gasteiger partial charge < -0.3 is 5.73 Å². The molecule has 0 saturated heterocycles.